The van der Waals surface area contributed by atoms with Crippen LogP contribution < -0.4 is 0 Å². The predicted molar refractivity (Wildman–Crippen MR) is 69.2 cm³/mol. The zero-order chi connectivity index (χ0) is 11.1. The van der Waals surface area contributed by atoms with Crippen LogP contribution in [0.1, 0.15) is 65.2 Å². The standard InChI is InChI=1S/C16H28/c1-11-9-14-8-7-13-5-3-4-6-15(13)16(14)10-12(11)2/h11-16H,3-10H2,1-2H3. The average molecular weight is 220 g/mol. The van der Waals surface area contributed by atoms with Gasteiger partial charge < -0.3 is 0 Å². The van der Waals surface area contributed by atoms with Gasteiger partial charge in [0.05, 0.1) is 0 Å². The lowest BCUT2D eigenvalue weighted by Crippen LogP contribution is -2.41. The molecule has 6 atom stereocenters. The third-order valence-corrected chi connectivity index (χ3v) is 6.32. The van der Waals surface area contributed by atoms with E-state index in [4.69, 9.17) is 0 Å². The molecule has 0 aromatic rings. The first-order valence-electron chi connectivity index (χ1n) is 7.75. The van der Waals surface area contributed by atoms with E-state index in [1.54, 1.807) is 38.5 Å². The highest BCUT2D eigenvalue weighted by Crippen LogP contribution is 2.53. The molecule has 3 saturated carbocycles. The average Bonchev–Trinajstić information content (AvgIpc) is 2.31. The number of hydrogen-bond donors (Lipinski definition) is 0. The Hall–Kier alpha value is 0. The molecule has 16 heavy (non-hydrogen) atoms. The van der Waals surface area contributed by atoms with Crippen molar-refractivity contribution >= 4 is 0 Å². The van der Waals surface area contributed by atoms with E-state index in [2.05, 4.69) is 13.8 Å². The second-order valence-corrected chi connectivity index (χ2v) is 7.14. The fraction of sp³-hybridized carbons (Fsp3) is 1.00. The van der Waals surface area contributed by atoms with Crippen molar-refractivity contribution in [1.82, 2.24) is 0 Å². The van der Waals surface area contributed by atoms with E-state index in [1.807, 2.05) is 0 Å². The van der Waals surface area contributed by atoms with Crippen LogP contribution in [0.2, 0.25) is 0 Å². The summed E-state index contributed by atoms with van der Waals surface area (Å²) in [6.45, 7) is 5.00. The first-order chi connectivity index (χ1) is 7.75. The van der Waals surface area contributed by atoms with Crippen LogP contribution in [0.15, 0.2) is 0 Å². The molecule has 6 unspecified atom stereocenters. The molecular weight excluding hydrogens is 192 g/mol. The summed E-state index contributed by atoms with van der Waals surface area (Å²) in [5.41, 5.74) is 0. The van der Waals surface area contributed by atoms with Gasteiger partial charge in [0.25, 0.3) is 0 Å². The molecule has 0 aromatic heterocycles. The Morgan fingerprint density at radius 3 is 2.19 bits per heavy atom. The molecule has 0 amide bonds. The van der Waals surface area contributed by atoms with Crippen molar-refractivity contribution in [3.8, 4) is 0 Å². The van der Waals surface area contributed by atoms with Gasteiger partial charge >= 0.3 is 0 Å². The van der Waals surface area contributed by atoms with Crippen LogP contribution in [0.5, 0.6) is 0 Å². The minimum atomic E-state index is 1.00. The molecule has 3 aliphatic rings. The van der Waals surface area contributed by atoms with Gasteiger partial charge in [-0.15, -0.1) is 0 Å². The summed E-state index contributed by atoms with van der Waals surface area (Å²) in [4.78, 5) is 0. The fourth-order valence-corrected chi connectivity index (χ4v) is 5.18. The summed E-state index contributed by atoms with van der Waals surface area (Å²) in [5.74, 6) is 6.53. The lowest BCUT2D eigenvalue weighted by molar-refractivity contribution is -0.00556. The lowest BCUT2D eigenvalue weighted by atomic mass is 9.55. The second kappa shape index (κ2) is 4.35. The van der Waals surface area contributed by atoms with Gasteiger partial charge in [-0.1, -0.05) is 33.1 Å². The topological polar surface area (TPSA) is 0 Å². The first kappa shape index (κ1) is 11.1. The summed E-state index contributed by atoms with van der Waals surface area (Å²) in [7, 11) is 0. The zero-order valence-electron chi connectivity index (χ0n) is 11.1. The molecule has 0 spiro atoms. The number of hydrogen-bond acceptors (Lipinski definition) is 0. The van der Waals surface area contributed by atoms with Crippen molar-refractivity contribution in [2.45, 2.75) is 65.2 Å². The molecule has 3 fully saturated rings. The van der Waals surface area contributed by atoms with E-state index in [0.29, 0.717) is 0 Å². The van der Waals surface area contributed by atoms with Crippen LogP contribution in [0, 0.1) is 35.5 Å². The van der Waals surface area contributed by atoms with E-state index in [-0.39, 0.29) is 0 Å². The SMILES string of the molecule is CC1CC2CCC3CCCCC3C2CC1C. The molecule has 0 aliphatic heterocycles. The second-order valence-electron chi connectivity index (χ2n) is 7.14. The fourth-order valence-electron chi connectivity index (χ4n) is 5.18. The van der Waals surface area contributed by atoms with Crippen molar-refractivity contribution in [3.05, 3.63) is 0 Å². The third-order valence-electron chi connectivity index (χ3n) is 6.32. The van der Waals surface area contributed by atoms with Gasteiger partial charge in [0, 0.05) is 0 Å². The molecule has 0 aromatic carbocycles. The minimum Gasteiger partial charge on any atom is -0.0622 e. The maximum atomic E-state index is 2.51. The van der Waals surface area contributed by atoms with E-state index < -0.39 is 0 Å². The lowest BCUT2D eigenvalue weighted by Gasteiger charge is -2.51. The van der Waals surface area contributed by atoms with Crippen molar-refractivity contribution in [2.24, 2.45) is 35.5 Å². The van der Waals surface area contributed by atoms with E-state index >= 15 is 0 Å². The minimum absolute atomic E-state index is 1.00. The molecular formula is C16H28. The van der Waals surface area contributed by atoms with Crippen LogP contribution in [0.4, 0.5) is 0 Å². The number of rotatable bonds is 0. The quantitative estimate of drug-likeness (QED) is 0.545. The molecule has 92 valence electrons. The largest absolute Gasteiger partial charge is 0.0622 e. The van der Waals surface area contributed by atoms with Crippen LogP contribution in [-0.2, 0) is 0 Å². The Morgan fingerprint density at radius 2 is 1.31 bits per heavy atom. The predicted octanol–water partition coefficient (Wildman–Crippen LogP) is 4.89. The Bertz CT molecular complexity index is 244. The van der Waals surface area contributed by atoms with Gasteiger partial charge in [-0.05, 0) is 67.6 Å². The van der Waals surface area contributed by atoms with Crippen LogP contribution >= 0.6 is 0 Å². The Labute approximate surface area is 101 Å². The smallest absolute Gasteiger partial charge is 0.0352 e. The highest BCUT2D eigenvalue weighted by molar-refractivity contribution is 4.93. The van der Waals surface area contributed by atoms with Gasteiger partial charge in [0.15, 0.2) is 0 Å². The monoisotopic (exact) mass is 220 g/mol. The third kappa shape index (κ3) is 1.83. The normalized spacial score (nSPS) is 52.9. The van der Waals surface area contributed by atoms with Crippen LogP contribution in [0.25, 0.3) is 0 Å². The van der Waals surface area contributed by atoms with Gasteiger partial charge in [-0.2, -0.15) is 0 Å². The van der Waals surface area contributed by atoms with Gasteiger partial charge in [0.1, 0.15) is 0 Å². The summed E-state index contributed by atoms with van der Waals surface area (Å²) in [5, 5.41) is 0. The molecule has 3 rings (SSSR count). The van der Waals surface area contributed by atoms with E-state index in [9.17, 15) is 0 Å². The summed E-state index contributed by atoms with van der Waals surface area (Å²) in [6.07, 6.45) is 12.5. The summed E-state index contributed by atoms with van der Waals surface area (Å²) < 4.78 is 0. The Balaban J connectivity index is 1.74. The molecule has 0 radical (unpaired) electrons. The molecule has 0 nitrogen and oxygen atoms in total. The maximum Gasteiger partial charge on any atom is -0.0352 e. The van der Waals surface area contributed by atoms with Gasteiger partial charge in [-0.3, -0.25) is 0 Å². The van der Waals surface area contributed by atoms with Crippen molar-refractivity contribution in [3.63, 3.8) is 0 Å². The summed E-state index contributed by atoms with van der Waals surface area (Å²) in [6, 6.07) is 0. The van der Waals surface area contributed by atoms with E-state index in [1.165, 1.54) is 12.8 Å². The molecule has 0 heterocycles. The van der Waals surface area contributed by atoms with Crippen molar-refractivity contribution in [2.75, 3.05) is 0 Å². The van der Waals surface area contributed by atoms with Crippen LogP contribution in [0.3, 0.4) is 0 Å². The van der Waals surface area contributed by atoms with Gasteiger partial charge in [-0.25, -0.2) is 0 Å². The Kier molecular flexibility index (Phi) is 3.02. The molecule has 0 saturated heterocycles. The highest BCUT2D eigenvalue weighted by Gasteiger charge is 2.43. The number of fused-ring (bicyclic) bond motifs is 3. The van der Waals surface area contributed by atoms with Crippen molar-refractivity contribution in [1.29, 1.82) is 0 Å². The molecule has 0 N–H and O–H groups in total. The van der Waals surface area contributed by atoms with Crippen LogP contribution in [-0.4, -0.2) is 0 Å². The highest BCUT2D eigenvalue weighted by atomic mass is 14.5. The molecule has 0 bridgehead atoms. The summed E-state index contributed by atoms with van der Waals surface area (Å²) >= 11 is 0. The molecule has 0 heteroatoms. The van der Waals surface area contributed by atoms with E-state index in [0.717, 1.165) is 35.5 Å². The zero-order valence-corrected chi connectivity index (χ0v) is 11.1. The maximum absolute atomic E-state index is 2.51. The van der Waals surface area contributed by atoms with Crippen molar-refractivity contribution < 1.29 is 0 Å². The molecule has 3 aliphatic carbocycles. The first-order valence-corrected chi connectivity index (χ1v) is 7.75. The Morgan fingerprint density at radius 1 is 0.625 bits per heavy atom. The van der Waals surface area contributed by atoms with Gasteiger partial charge in [0.2, 0.25) is 0 Å².